The van der Waals surface area contributed by atoms with Crippen molar-refractivity contribution in [3.8, 4) is 5.75 Å². The van der Waals surface area contributed by atoms with Crippen LogP contribution in [0.5, 0.6) is 5.75 Å². The van der Waals surface area contributed by atoms with E-state index in [4.69, 9.17) is 10.5 Å². The number of nitro groups is 1. The van der Waals surface area contributed by atoms with E-state index < -0.39 is 16.9 Å². The fraction of sp³-hybridized carbons (Fsp3) is 0.500. The van der Waals surface area contributed by atoms with Crippen LogP contribution in [0, 0.1) is 24.0 Å². The second-order valence-corrected chi connectivity index (χ2v) is 5.37. The molecule has 0 radical (unpaired) electrons. The van der Waals surface area contributed by atoms with Crippen molar-refractivity contribution in [3.63, 3.8) is 0 Å². The Hall–Kier alpha value is -2.15. The second-order valence-electron chi connectivity index (χ2n) is 5.37. The van der Waals surface area contributed by atoms with Crippen LogP contribution in [0.1, 0.15) is 24.0 Å². The number of aryl methyl sites for hydroxylation is 2. The summed E-state index contributed by atoms with van der Waals surface area (Å²) in [5.74, 6) is -0.0858. The molecule has 0 spiro atoms. The fourth-order valence-electron chi connectivity index (χ4n) is 2.09. The Morgan fingerprint density at radius 1 is 1.48 bits per heavy atom. The van der Waals surface area contributed by atoms with Crippen LogP contribution in [-0.2, 0) is 4.79 Å². The molecule has 1 saturated carbocycles. The number of primary amides is 1. The maximum absolute atomic E-state index is 11.4. The summed E-state index contributed by atoms with van der Waals surface area (Å²) in [4.78, 5) is 21.9. The summed E-state index contributed by atoms with van der Waals surface area (Å²) in [6.07, 6.45) is 2.05. The third kappa shape index (κ3) is 3.91. The fourth-order valence-corrected chi connectivity index (χ4v) is 2.09. The Balaban J connectivity index is 2.08. The molecule has 1 aromatic rings. The zero-order chi connectivity index (χ0) is 15.6. The molecule has 3 N–H and O–H groups in total. The number of benzene rings is 1. The third-order valence-electron chi connectivity index (χ3n) is 3.45. The minimum Gasteiger partial charge on any atom is -0.491 e. The highest BCUT2D eigenvalue weighted by molar-refractivity contribution is 5.80. The summed E-state index contributed by atoms with van der Waals surface area (Å²) in [6.45, 7) is 3.54. The maximum Gasteiger partial charge on any atom is 0.276 e. The first-order valence-electron chi connectivity index (χ1n) is 6.82. The lowest BCUT2D eigenvalue weighted by molar-refractivity contribution is -0.385. The molecule has 1 unspecified atom stereocenters. The van der Waals surface area contributed by atoms with Crippen molar-refractivity contribution in [1.29, 1.82) is 0 Å². The van der Waals surface area contributed by atoms with Crippen molar-refractivity contribution >= 4 is 11.6 Å². The monoisotopic (exact) mass is 293 g/mol. The Bertz CT molecular complexity index is 570. The van der Waals surface area contributed by atoms with E-state index >= 15 is 0 Å². The van der Waals surface area contributed by atoms with Crippen molar-refractivity contribution in [2.24, 2.45) is 5.73 Å². The number of nitrogens with zero attached hydrogens (tertiary/aromatic N) is 1. The number of nitro benzene ring substituents is 1. The zero-order valence-electron chi connectivity index (χ0n) is 12.1. The van der Waals surface area contributed by atoms with Crippen LogP contribution in [0.15, 0.2) is 12.1 Å². The highest BCUT2D eigenvalue weighted by atomic mass is 16.6. The molecular formula is C14H19N3O4. The van der Waals surface area contributed by atoms with E-state index in [1.165, 1.54) is 6.07 Å². The maximum atomic E-state index is 11.4. The minimum absolute atomic E-state index is 0.00128. The first kappa shape index (κ1) is 15.2. The summed E-state index contributed by atoms with van der Waals surface area (Å²) < 4.78 is 5.57. The van der Waals surface area contributed by atoms with Gasteiger partial charge in [-0.25, -0.2) is 0 Å². The molecule has 1 aliphatic carbocycles. The van der Waals surface area contributed by atoms with Crippen LogP contribution < -0.4 is 15.8 Å². The van der Waals surface area contributed by atoms with Gasteiger partial charge in [0.2, 0.25) is 5.91 Å². The highest BCUT2D eigenvalue weighted by Gasteiger charge is 2.28. The number of hydrogen-bond donors (Lipinski definition) is 2. The van der Waals surface area contributed by atoms with Crippen LogP contribution in [0.25, 0.3) is 0 Å². The standard InChI is InChI=1S/C14H19N3O4/c1-8-5-9(2)13(6-12(8)17(19)20)21-7-11(14(15)18)16-10-3-4-10/h5-6,10-11,16H,3-4,7H2,1-2H3,(H2,15,18). The molecule has 0 bridgehead atoms. The number of nitrogens with one attached hydrogen (secondary N) is 1. The average Bonchev–Trinajstić information content (AvgIpc) is 3.19. The quantitative estimate of drug-likeness (QED) is 0.580. The summed E-state index contributed by atoms with van der Waals surface area (Å²) in [6, 6.07) is 2.82. The average molecular weight is 293 g/mol. The SMILES string of the molecule is Cc1cc(C)c([N+](=O)[O-])cc1OCC(NC1CC1)C(N)=O. The molecule has 2 rings (SSSR count). The van der Waals surface area contributed by atoms with E-state index in [1.54, 1.807) is 19.9 Å². The van der Waals surface area contributed by atoms with Crippen LogP contribution in [0.2, 0.25) is 0 Å². The lowest BCUT2D eigenvalue weighted by Gasteiger charge is -2.17. The van der Waals surface area contributed by atoms with E-state index in [2.05, 4.69) is 5.32 Å². The van der Waals surface area contributed by atoms with Crippen molar-refractivity contribution in [2.45, 2.75) is 38.8 Å². The van der Waals surface area contributed by atoms with Crippen molar-refractivity contribution < 1.29 is 14.5 Å². The van der Waals surface area contributed by atoms with Gasteiger partial charge in [-0.15, -0.1) is 0 Å². The van der Waals surface area contributed by atoms with Gasteiger partial charge < -0.3 is 15.8 Å². The van der Waals surface area contributed by atoms with E-state index in [0.29, 0.717) is 17.4 Å². The van der Waals surface area contributed by atoms with Crippen molar-refractivity contribution in [3.05, 3.63) is 33.4 Å². The number of carbonyl (C=O) groups is 1. The molecule has 1 fully saturated rings. The summed E-state index contributed by atoms with van der Waals surface area (Å²) >= 11 is 0. The number of hydrogen-bond acceptors (Lipinski definition) is 5. The summed E-state index contributed by atoms with van der Waals surface area (Å²) in [5, 5.41) is 14.0. The molecule has 0 heterocycles. The van der Waals surface area contributed by atoms with E-state index in [1.807, 2.05) is 0 Å². The Labute approximate surface area is 122 Å². The second kappa shape index (κ2) is 6.09. The number of rotatable bonds is 7. The molecule has 1 amide bonds. The number of ether oxygens (including phenoxy) is 1. The number of nitrogens with two attached hydrogens (primary N) is 1. The lowest BCUT2D eigenvalue weighted by atomic mass is 10.1. The zero-order valence-corrected chi connectivity index (χ0v) is 12.1. The van der Waals surface area contributed by atoms with Crippen LogP contribution in [0.3, 0.4) is 0 Å². The minimum atomic E-state index is -0.586. The van der Waals surface area contributed by atoms with Gasteiger partial charge in [-0.05, 0) is 38.3 Å². The van der Waals surface area contributed by atoms with Gasteiger partial charge in [0.25, 0.3) is 5.69 Å². The van der Waals surface area contributed by atoms with Gasteiger partial charge in [0.05, 0.1) is 11.0 Å². The molecule has 21 heavy (non-hydrogen) atoms. The molecular weight excluding hydrogens is 274 g/mol. The molecule has 0 aliphatic heterocycles. The van der Waals surface area contributed by atoms with Gasteiger partial charge in [-0.1, -0.05) is 0 Å². The Morgan fingerprint density at radius 2 is 2.14 bits per heavy atom. The normalized spacial score (nSPS) is 15.5. The molecule has 7 nitrogen and oxygen atoms in total. The molecule has 1 aromatic carbocycles. The first-order valence-corrected chi connectivity index (χ1v) is 6.82. The predicted octanol–water partition coefficient (Wildman–Crippen LogP) is 1.20. The van der Waals surface area contributed by atoms with Crippen molar-refractivity contribution in [2.75, 3.05) is 6.61 Å². The van der Waals surface area contributed by atoms with Crippen molar-refractivity contribution in [1.82, 2.24) is 5.32 Å². The lowest BCUT2D eigenvalue weighted by Crippen LogP contribution is -2.46. The summed E-state index contributed by atoms with van der Waals surface area (Å²) in [7, 11) is 0. The van der Waals surface area contributed by atoms with Gasteiger partial charge in [-0.2, -0.15) is 0 Å². The Morgan fingerprint density at radius 3 is 2.67 bits per heavy atom. The predicted molar refractivity (Wildman–Crippen MR) is 77.2 cm³/mol. The number of carbonyl (C=O) groups excluding carboxylic acids is 1. The third-order valence-corrected chi connectivity index (χ3v) is 3.45. The van der Waals surface area contributed by atoms with Gasteiger partial charge in [0, 0.05) is 11.6 Å². The highest BCUT2D eigenvalue weighted by Crippen LogP contribution is 2.28. The molecule has 7 heteroatoms. The van der Waals surface area contributed by atoms with Gasteiger partial charge in [0.15, 0.2) is 0 Å². The van der Waals surface area contributed by atoms with Crippen LogP contribution in [-0.4, -0.2) is 29.5 Å². The number of amides is 1. The van der Waals surface area contributed by atoms with Crippen LogP contribution in [0.4, 0.5) is 5.69 Å². The van der Waals surface area contributed by atoms with Gasteiger partial charge in [-0.3, -0.25) is 14.9 Å². The molecule has 0 saturated heterocycles. The van der Waals surface area contributed by atoms with Crippen LogP contribution >= 0.6 is 0 Å². The van der Waals surface area contributed by atoms with Gasteiger partial charge >= 0.3 is 0 Å². The molecule has 1 atom stereocenters. The smallest absolute Gasteiger partial charge is 0.276 e. The topological polar surface area (TPSA) is 107 Å². The first-order chi connectivity index (χ1) is 9.88. The largest absolute Gasteiger partial charge is 0.491 e. The van der Waals surface area contributed by atoms with E-state index in [9.17, 15) is 14.9 Å². The molecule has 1 aliphatic rings. The summed E-state index contributed by atoms with van der Waals surface area (Å²) in [5.41, 5.74) is 6.69. The molecule has 0 aromatic heterocycles. The molecule has 114 valence electrons. The van der Waals surface area contributed by atoms with E-state index in [-0.39, 0.29) is 12.3 Å². The van der Waals surface area contributed by atoms with E-state index in [0.717, 1.165) is 18.4 Å². The Kier molecular flexibility index (Phi) is 4.42. The van der Waals surface area contributed by atoms with Gasteiger partial charge in [0.1, 0.15) is 18.4 Å².